The summed E-state index contributed by atoms with van der Waals surface area (Å²) in [6.07, 6.45) is 5.85. The zero-order chi connectivity index (χ0) is 15.5. The molecule has 0 fully saturated rings. The highest BCUT2D eigenvalue weighted by molar-refractivity contribution is 7.16. The van der Waals surface area contributed by atoms with Gasteiger partial charge in [0, 0.05) is 16.8 Å². The fourth-order valence-corrected chi connectivity index (χ4v) is 4.59. The Balaban J connectivity index is 1.68. The zero-order valence-electron chi connectivity index (χ0n) is 12.6. The molecule has 1 aliphatic rings. The molecule has 7 heteroatoms. The Morgan fingerprint density at radius 1 is 1.50 bits per heavy atom. The first-order valence-corrected chi connectivity index (χ1v) is 9.33. The number of nitrogens with one attached hydrogen (secondary N) is 1. The largest absolute Gasteiger partial charge is 0.325 e. The molecule has 0 saturated carbocycles. The Labute approximate surface area is 138 Å². The number of rotatable bonds is 5. The van der Waals surface area contributed by atoms with Crippen molar-refractivity contribution in [1.82, 2.24) is 9.97 Å². The molecule has 2 aromatic rings. The molecule has 0 spiro atoms. The summed E-state index contributed by atoms with van der Waals surface area (Å²) < 4.78 is 0. The van der Waals surface area contributed by atoms with Gasteiger partial charge in [-0.1, -0.05) is 19.8 Å². The number of carbonyl (C=O) groups is 1. The van der Waals surface area contributed by atoms with Crippen molar-refractivity contribution in [3.63, 3.8) is 0 Å². The van der Waals surface area contributed by atoms with Crippen molar-refractivity contribution >= 4 is 33.7 Å². The van der Waals surface area contributed by atoms with E-state index >= 15 is 0 Å². The summed E-state index contributed by atoms with van der Waals surface area (Å²) in [6, 6.07) is 0. The van der Waals surface area contributed by atoms with Crippen LogP contribution in [0.25, 0.3) is 0 Å². The molecule has 3 N–H and O–H groups in total. The van der Waals surface area contributed by atoms with E-state index in [0.717, 1.165) is 29.5 Å². The van der Waals surface area contributed by atoms with Gasteiger partial charge in [-0.05, 0) is 25.2 Å². The lowest BCUT2D eigenvalue weighted by Crippen LogP contribution is -2.13. The van der Waals surface area contributed by atoms with Crippen LogP contribution in [-0.2, 0) is 19.4 Å². The van der Waals surface area contributed by atoms with Crippen LogP contribution in [0.5, 0.6) is 0 Å². The van der Waals surface area contributed by atoms with Crippen molar-refractivity contribution in [1.29, 1.82) is 0 Å². The molecular formula is C15H20N4OS2. The van der Waals surface area contributed by atoms with E-state index in [0.29, 0.717) is 17.4 Å². The predicted molar refractivity (Wildman–Crippen MR) is 90.5 cm³/mol. The average Bonchev–Trinajstić information content (AvgIpc) is 3.12. The van der Waals surface area contributed by atoms with Gasteiger partial charge in [0.25, 0.3) is 5.91 Å². The fourth-order valence-electron chi connectivity index (χ4n) is 2.82. The van der Waals surface area contributed by atoms with E-state index in [4.69, 9.17) is 5.73 Å². The molecule has 0 radical (unpaired) electrons. The minimum Gasteiger partial charge on any atom is -0.325 e. The van der Waals surface area contributed by atoms with E-state index in [-0.39, 0.29) is 5.91 Å². The third kappa shape index (κ3) is 3.37. The van der Waals surface area contributed by atoms with Gasteiger partial charge in [0.05, 0.1) is 5.69 Å². The molecule has 3 rings (SSSR count). The maximum atomic E-state index is 12.2. The first-order chi connectivity index (χ1) is 10.7. The van der Waals surface area contributed by atoms with Crippen LogP contribution >= 0.6 is 22.7 Å². The number of nitrogens with zero attached hydrogens (tertiary/aromatic N) is 2. The average molecular weight is 336 g/mol. The number of thiazole rings is 2. The number of aromatic nitrogens is 2. The maximum Gasteiger partial charge on any atom is 0.276 e. The van der Waals surface area contributed by atoms with Crippen molar-refractivity contribution in [2.24, 2.45) is 11.7 Å². The van der Waals surface area contributed by atoms with Gasteiger partial charge in [-0.3, -0.25) is 10.1 Å². The molecule has 0 aliphatic heterocycles. The van der Waals surface area contributed by atoms with E-state index < -0.39 is 0 Å². The van der Waals surface area contributed by atoms with E-state index in [9.17, 15) is 4.79 Å². The molecular weight excluding hydrogens is 316 g/mol. The number of amides is 1. The van der Waals surface area contributed by atoms with Gasteiger partial charge in [-0.2, -0.15) is 0 Å². The number of hydrogen-bond donors (Lipinski definition) is 2. The van der Waals surface area contributed by atoms with Crippen molar-refractivity contribution in [3.05, 3.63) is 26.7 Å². The predicted octanol–water partition coefficient (Wildman–Crippen LogP) is 3.22. The second-order valence-electron chi connectivity index (χ2n) is 5.57. The van der Waals surface area contributed by atoms with Crippen LogP contribution in [0.3, 0.4) is 0 Å². The van der Waals surface area contributed by atoms with Crippen molar-refractivity contribution < 1.29 is 4.79 Å². The number of anilines is 1. The van der Waals surface area contributed by atoms with Gasteiger partial charge in [-0.15, -0.1) is 22.7 Å². The topological polar surface area (TPSA) is 80.9 Å². The van der Waals surface area contributed by atoms with Crippen molar-refractivity contribution in [3.8, 4) is 0 Å². The van der Waals surface area contributed by atoms with Crippen molar-refractivity contribution in [2.45, 2.75) is 45.6 Å². The standard InChI is InChI=1S/C15H20N4OS2/c1-2-3-9-4-5-10-12(6-9)22-15(18-10)19-14(20)11-8-21-13(7-16)17-11/h8-9H,2-7,16H2,1H3,(H,18,19,20). The molecule has 0 bridgehead atoms. The fraction of sp³-hybridized carbons (Fsp3) is 0.533. The van der Waals surface area contributed by atoms with Gasteiger partial charge in [0.1, 0.15) is 10.7 Å². The number of carbonyl (C=O) groups excluding carboxylic acids is 1. The molecule has 0 aromatic carbocycles. The first kappa shape index (κ1) is 15.6. The number of aryl methyl sites for hydroxylation is 1. The third-order valence-electron chi connectivity index (χ3n) is 3.92. The molecule has 0 saturated heterocycles. The van der Waals surface area contributed by atoms with E-state index in [1.165, 1.54) is 35.5 Å². The lowest BCUT2D eigenvalue weighted by atomic mass is 9.88. The Bertz CT molecular complexity index is 664. The van der Waals surface area contributed by atoms with Gasteiger partial charge in [-0.25, -0.2) is 9.97 Å². The summed E-state index contributed by atoms with van der Waals surface area (Å²) in [6.45, 7) is 2.60. The Morgan fingerprint density at radius 2 is 2.36 bits per heavy atom. The van der Waals surface area contributed by atoms with Gasteiger partial charge in [0.2, 0.25) is 0 Å². The minimum atomic E-state index is -0.202. The summed E-state index contributed by atoms with van der Waals surface area (Å²) in [4.78, 5) is 22.3. The van der Waals surface area contributed by atoms with Crippen LogP contribution in [0.1, 0.15) is 52.3 Å². The monoisotopic (exact) mass is 336 g/mol. The molecule has 118 valence electrons. The molecule has 5 nitrogen and oxygen atoms in total. The lowest BCUT2D eigenvalue weighted by Gasteiger charge is -2.19. The van der Waals surface area contributed by atoms with Crippen LogP contribution in [0, 0.1) is 5.92 Å². The van der Waals surface area contributed by atoms with Crippen LogP contribution in [0.4, 0.5) is 5.13 Å². The second kappa shape index (κ2) is 6.85. The SMILES string of the molecule is CCCC1CCc2nc(NC(=O)c3csc(CN)n3)sc2C1. The maximum absolute atomic E-state index is 12.2. The zero-order valence-corrected chi connectivity index (χ0v) is 14.2. The smallest absolute Gasteiger partial charge is 0.276 e. The van der Waals surface area contributed by atoms with Gasteiger partial charge >= 0.3 is 0 Å². The lowest BCUT2D eigenvalue weighted by molar-refractivity contribution is 0.102. The highest BCUT2D eigenvalue weighted by Gasteiger charge is 2.23. The number of fused-ring (bicyclic) bond motifs is 1. The summed E-state index contributed by atoms with van der Waals surface area (Å²) in [7, 11) is 0. The summed E-state index contributed by atoms with van der Waals surface area (Å²) in [5.41, 5.74) is 7.11. The van der Waals surface area contributed by atoms with Crippen LogP contribution < -0.4 is 11.1 Å². The highest BCUT2D eigenvalue weighted by Crippen LogP contribution is 2.34. The van der Waals surface area contributed by atoms with Gasteiger partial charge in [0.15, 0.2) is 5.13 Å². The minimum absolute atomic E-state index is 0.202. The Morgan fingerprint density at radius 3 is 3.09 bits per heavy atom. The number of hydrogen-bond acceptors (Lipinski definition) is 6. The van der Waals surface area contributed by atoms with E-state index in [2.05, 4.69) is 22.2 Å². The highest BCUT2D eigenvalue weighted by atomic mass is 32.1. The second-order valence-corrected chi connectivity index (χ2v) is 7.60. The molecule has 1 aliphatic carbocycles. The van der Waals surface area contributed by atoms with Crippen molar-refractivity contribution in [2.75, 3.05) is 5.32 Å². The normalized spacial score (nSPS) is 17.3. The quantitative estimate of drug-likeness (QED) is 0.878. The molecule has 2 aromatic heterocycles. The Kier molecular flexibility index (Phi) is 4.85. The number of nitrogens with two attached hydrogens (primary N) is 1. The van der Waals surface area contributed by atoms with Crippen LogP contribution in [0.2, 0.25) is 0 Å². The molecule has 1 amide bonds. The first-order valence-electron chi connectivity index (χ1n) is 7.64. The van der Waals surface area contributed by atoms with Crippen LogP contribution in [-0.4, -0.2) is 15.9 Å². The molecule has 1 unspecified atom stereocenters. The van der Waals surface area contributed by atoms with E-state index in [1.54, 1.807) is 16.7 Å². The van der Waals surface area contributed by atoms with Gasteiger partial charge < -0.3 is 5.73 Å². The molecule has 1 atom stereocenters. The molecule has 22 heavy (non-hydrogen) atoms. The van der Waals surface area contributed by atoms with E-state index in [1.807, 2.05) is 0 Å². The molecule has 2 heterocycles. The third-order valence-corrected chi connectivity index (χ3v) is 5.82. The summed E-state index contributed by atoms with van der Waals surface area (Å²) in [5.74, 6) is 0.569. The summed E-state index contributed by atoms with van der Waals surface area (Å²) >= 11 is 3.02. The summed E-state index contributed by atoms with van der Waals surface area (Å²) in [5, 5.41) is 6.07. The van der Waals surface area contributed by atoms with Crippen LogP contribution in [0.15, 0.2) is 5.38 Å². The Hall–Kier alpha value is -1.31.